The minimum Gasteiger partial charge on any atom is -0.398 e. The van der Waals surface area contributed by atoms with Gasteiger partial charge in [0.15, 0.2) is 0 Å². The zero-order valence-corrected chi connectivity index (χ0v) is 8.13. The maximum absolute atomic E-state index is 10.8. The highest BCUT2D eigenvalue weighted by Crippen LogP contribution is 2.15. The van der Waals surface area contributed by atoms with Crippen molar-refractivity contribution in [3.8, 4) is 0 Å². The maximum atomic E-state index is 10.8. The Kier molecular flexibility index (Phi) is 3.07. The Bertz CT molecular complexity index is 318. The lowest BCUT2D eigenvalue weighted by molar-refractivity contribution is -0.116. The molecule has 0 fully saturated rings. The van der Waals surface area contributed by atoms with Gasteiger partial charge in [-0.1, -0.05) is 12.1 Å². The molecule has 2 nitrogen and oxygen atoms in total. The number of carbonyl (C=O) groups is 1. The molecule has 0 atom stereocenters. The van der Waals surface area contributed by atoms with Crippen molar-refractivity contribution in [2.75, 3.05) is 5.73 Å². The van der Waals surface area contributed by atoms with Gasteiger partial charge >= 0.3 is 0 Å². The summed E-state index contributed by atoms with van der Waals surface area (Å²) >= 11 is 0. The van der Waals surface area contributed by atoms with Crippen LogP contribution in [0.5, 0.6) is 0 Å². The molecule has 1 aromatic carbocycles. The molecule has 2 heteroatoms. The molecule has 70 valence electrons. The van der Waals surface area contributed by atoms with Crippen LogP contribution in [0.15, 0.2) is 18.2 Å². The second-order valence-corrected chi connectivity index (χ2v) is 3.40. The topological polar surface area (TPSA) is 43.1 Å². The quantitative estimate of drug-likeness (QED) is 0.718. The second-order valence-electron chi connectivity index (χ2n) is 3.40. The molecule has 0 aliphatic rings. The molecular formula is C11H15NO. The average Bonchev–Trinajstić information content (AvgIpc) is 2.02. The van der Waals surface area contributed by atoms with E-state index in [9.17, 15) is 4.79 Å². The fourth-order valence-electron chi connectivity index (χ4n) is 1.25. The van der Waals surface area contributed by atoms with Gasteiger partial charge in [-0.05, 0) is 37.5 Å². The smallest absolute Gasteiger partial charge is 0.130 e. The third kappa shape index (κ3) is 2.90. The van der Waals surface area contributed by atoms with E-state index in [0.717, 1.165) is 23.2 Å². The van der Waals surface area contributed by atoms with Gasteiger partial charge in [-0.2, -0.15) is 0 Å². The van der Waals surface area contributed by atoms with Crippen molar-refractivity contribution in [1.82, 2.24) is 0 Å². The van der Waals surface area contributed by atoms with Crippen LogP contribution in [-0.4, -0.2) is 5.78 Å². The molecule has 1 rings (SSSR count). The monoisotopic (exact) mass is 177 g/mol. The van der Waals surface area contributed by atoms with Crippen LogP contribution in [-0.2, 0) is 11.2 Å². The molecule has 0 amide bonds. The maximum Gasteiger partial charge on any atom is 0.130 e. The van der Waals surface area contributed by atoms with E-state index >= 15 is 0 Å². The number of hydrogen-bond donors (Lipinski definition) is 1. The Hall–Kier alpha value is -1.31. The normalized spacial score (nSPS) is 10.0. The minimum atomic E-state index is 0.208. The summed E-state index contributed by atoms with van der Waals surface area (Å²) in [6.07, 6.45) is 1.33. The zero-order valence-electron chi connectivity index (χ0n) is 8.13. The SMILES string of the molecule is CC(=O)CCc1ccc(C)cc1N. The summed E-state index contributed by atoms with van der Waals surface area (Å²) in [6, 6.07) is 5.95. The molecule has 0 unspecified atom stereocenters. The summed E-state index contributed by atoms with van der Waals surface area (Å²) in [5.41, 5.74) is 8.82. The van der Waals surface area contributed by atoms with E-state index in [1.807, 2.05) is 25.1 Å². The van der Waals surface area contributed by atoms with Crippen LogP contribution in [0.2, 0.25) is 0 Å². The van der Waals surface area contributed by atoms with E-state index in [0.29, 0.717) is 6.42 Å². The lowest BCUT2D eigenvalue weighted by Gasteiger charge is -2.04. The Morgan fingerprint density at radius 3 is 2.69 bits per heavy atom. The van der Waals surface area contributed by atoms with E-state index in [4.69, 9.17) is 5.73 Å². The summed E-state index contributed by atoms with van der Waals surface area (Å²) in [5, 5.41) is 0. The fourth-order valence-corrected chi connectivity index (χ4v) is 1.25. The molecule has 0 aromatic heterocycles. The van der Waals surface area contributed by atoms with Crippen molar-refractivity contribution in [2.45, 2.75) is 26.7 Å². The third-order valence-electron chi connectivity index (χ3n) is 2.05. The molecule has 1 aromatic rings. The lowest BCUT2D eigenvalue weighted by atomic mass is 10.0. The van der Waals surface area contributed by atoms with Crippen LogP contribution in [0, 0.1) is 6.92 Å². The molecule has 0 heterocycles. The van der Waals surface area contributed by atoms with Gasteiger partial charge in [0.25, 0.3) is 0 Å². The molecule has 0 aliphatic heterocycles. The number of anilines is 1. The van der Waals surface area contributed by atoms with E-state index in [-0.39, 0.29) is 5.78 Å². The van der Waals surface area contributed by atoms with E-state index < -0.39 is 0 Å². The lowest BCUT2D eigenvalue weighted by Crippen LogP contribution is -1.98. The molecule has 0 aliphatic carbocycles. The van der Waals surface area contributed by atoms with Gasteiger partial charge in [-0.15, -0.1) is 0 Å². The van der Waals surface area contributed by atoms with Crippen molar-refractivity contribution in [3.05, 3.63) is 29.3 Å². The summed E-state index contributed by atoms with van der Waals surface area (Å²) in [7, 11) is 0. The predicted octanol–water partition coefficient (Wildman–Crippen LogP) is 2.10. The Morgan fingerprint density at radius 2 is 2.15 bits per heavy atom. The van der Waals surface area contributed by atoms with Crippen molar-refractivity contribution in [1.29, 1.82) is 0 Å². The number of aryl methyl sites for hydroxylation is 2. The second kappa shape index (κ2) is 4.08. The van der Waals surface area contributed by atoms with Gasteiger partial charge in [-0.3, -0.25) is 0 Å². The van der Waals surface area contributed by atoms with E-state index in [1.54, 1.807) is 6.92 Å². The summed E-state index contributed by atoms with van der Waals surface area (Å²) in [6.45, 7) is 3.61. The van der Waals surface area contributed by atoms with Gasteiger partial charge in [0, 0.05) is 12.1 Å². The van der Waals surface area contributed by atoms with Crippen LogP contribution in [0.4, 0.5) is 5.69 Å². The standard InChI is InChI=1S/C11H15NO/c1-8-3-5-10(11(12)7-8)6-4-9(2)13/h3,5,7H,4,6,12H2,1-2H3. The van der Waals surface area contributed by atoms with Gasteiger partial charge in [0.2, 0.25) is 0 Å². The van der Waals surface area contributed by atoms with E-state index in [1.165, 1.54) is 0 Å². The largest absolute Gasteiger partial charge is 0.398 e. The van der Waals surface area contributed by atoms with Crippen molar-refractivity contribution in [2.24, 2.45) is 0 Å². The molecular weight excluding hydrogens is 162 g/mol. The zero-order chi connectivity index (χ0) is 9.84. The number of benzene rings is 1. The molecule has 13 heavy (non-hydrogen) atoms. The molecule has 0 spiro atoms. The number of nitrogens with two attached hydrogens (primary N) is 1. The first-order valence-corrected chi connectivity index (χ1v) is 4.44. The van der Waals surface area contributed by atoms with Crippen molar-refractivity contribution in [3.63, 3.8) is 0 Å². The summed E-state index contributed by atoms with van der Waals surface area (Å²) < 4.78 is 0. The highest BCUT2D eigenvalue weighted by Gasteiger charge is 2.00. The fraction of sp³-hybridized carbons (Fsp3) is 0.364. The number of ketones is 1. The van der Waals surface area contributed by atoms with E-state index in [2.05, 4.69) is 0 Å². The molecule has 0 saturated heterocycles. The number of Topliss-reactive ketones (excluding diaryl/α,β-unsaturated/α-hetero) is 1. The number of hydrogen-bond acceptors (Lipinski definition) is 2. The van der Waals surface area contributed by atoms with Crippen LogP contribution >= 0.6 is 0 Å². The molecule has 0 saturated carbocycles. The first-order chi connectivity index (χ1) is 6.09. The first-order valence-electron chi connectivity index (χ1n) is 4.44. The predicted molar refractivity (Wildman–Crippen MR) is 54.6 cm³/mol. The first kappa shape index (κ1) is 9.78. The summed E-state index contributed by atoms with van der Waals surface area (Å²) in [5.74, 6) is 0.208. The average molecular weight is 177 g/mol. The molecule has 2 N–H and O–H groups in total. The van der Waals surface area contributed by atoms with Crippen LogP contribution in [0.1, 0.15) is 24.5 Å². The molecule has 0 bridgehead atoms. The van der Waals surface area contributed by atoms with Crippen LogP contribution < -0.4 is 5.73 Å². The van der Waals surface area contributed by atoms with Crippen molar-refractivity contribution < 1.29 is 4.79 Å². The van der Waals surface area contributed by atoms with Gasteiger partial charge < -0.3 is 10.5 Å². The van der Waals surface area contributed by atoms with Gasteiger partial charge in [0.1, 0.15) is 5.78 Å². The highest BCUT2D eigenvalue weighted by molar-refractivity contribution is 5.76. The highest BCUT2D eigenvalue weighted by atomic mass is 16.1. The Labute approximate surface area is 78.8 Å². The van der Waals surface area contributed by atoms with Crippen LogP contribution in [0.3, 0.4) is 0 Å². The third-order valence-corrected chi connectivity index (χ3v) is 2.05. The number of carbonyl (C=O) groups excluding carboxylic acids is 1. The Morgan fingerprint density at radius 1 is 1.46 bits per heavy atom. The minimum absolute atomic E-state index is 0.208. The molecule has 0 radical (unpaired) electrons. The van der Waals surface area contributed by atoms with Gasteiger partial charge in [0.05, 0.1) is 0 Å². The number of nitrogen functional groups attached to an aromatic ring is 1. The summed E-state index contributed by atoms with van der Waals surface area (Å²) in [4.78, 5) is 10.8. The Balaban J connectivity index is 2.72. The number of rotatable bonds is 3. The van der Waals surface area contributed by atoms with Crippen LogP contribution in [0.25, 0.3) is 0 Å². The van der Waals surface area contributed by atoms with Crippen molar-refractivity contribution >= 4 is 11.5 Å². The van der Waals surface area contributed by atoms with Gasteiger partial charge in [-0.25, -0.2) is 0 Å².